The van der Waals surface area contributed by atoms with Gasteiger partial charge in [-0.15, -0.1) is 0 Å². The van der Waals surface area contributed by atoms with Gasteiger partial charge < -0.3 is 4.74 Å². The van der Waals surface area contributed by atoms with Gasteiger partial charge in [-0.2, -0.15) is 10.5 Å². The molecule has 0 bridgehead atoms. The minimum atomic E-state index is -0.469. The number of ether oxygens (including phenoxy) is 1. The molecule has 2 fully saturated rings. The molecule has 0 heterocycles. The fourth-order valence-electron chi connectivity index (χ4n) is 4.52. The van der Waals surface area contributed by atoms with Gasteiger partial charge in [0.05, 0.1) is 17.6 Å². The fraction of sp³-hybridized carbons (Fsp3) is 0.480. The van der Waals surface area contributed by atoms with Gasteiger partial charge in [0.15, 0.2) is 0 Å². The Morgan fingerprint density at radius 1 is 1.03 bits per heavy atom. The second-order valence-corrected chi connectivity index (χ2v) is 8.25. The van der Waals surface area contributed by atoms with Crippen LogP contribution in [0.5, 0.6) is 0 Å². The third kappa shape index (κ3) is 5.80. The van der Waals surface area contributed by atoms with Gasteiger partial charge >= 0.3 is 5.97 Å². The summed E-state index contributed by atoms with van der Waals surface area (Å²) in [6.45, 7) is 0. The van der Waals surface area contributed by atoms with E-state index < -0.39 is 5.82 Å². The van der Waals surface area contributed by atoms with Gasteiger partial charge in [0.25, 0.3) is 0 Å². The van der Waals surface area contributed by atoms with E-state index in [2.05, 4.69) is 6.08 Å². The Labute approximate surface area is 177 Å². The third-order valence-corrected chi connectivity index (χ3v) is 6.31. The van der Waals surface area contributed by atoms with E-state index in [1.54, 1.807) is 6.08 Å². The molecule has 0 N–H and O–H groups in total. The molecule has 1 aromatic rings. The van der Waals surface area contributed by atoms with Crippen LogP contribution in [0, 0.1) is 40.3 Å². The van der Waals surface area contributed by atoms with Crippen LogP contribution in [0.4, 0.5) is 4.39 Å². The number of carbonyl (C=O) groups is 1. The molecule has 0 unspecified atom stereocenters. The average Bonchev–Trinajstić information content (AvgIpc) is 2.78. The van der Waals surface area contributed by atoms with Crippen molar-refractivity contribution in [2.24, 2.45) is 11.8 Å². The van der Waals surface area contributed by atoms with Gasteiger partial charge in [0.1, 0.15) is 18.0 Å². The van der Waals surface area contributed by atoms with Crippen molar-refractivity contribution in [3.05, 3.63) is 59.4 Å². The van der Waals surface area contributed by atoms with Crippen LogP contribution in [0.2, 0.25) is 0 Å². The van der Waals surface area contributed by atoms with E-state index in [-0.39, 0.29) is 29.5 Å². The molecule has 30 heavy (non-hydrogen) atoms. The maximum absolute atomic E-state index is 13.9. The van der Waals surface area contributed by atoms with Gasteiger partial charge in [-0.25, -0.2) is 4.39 Å². The molecule has 0 aliphatic heterocycles. The normalized spacial score (nSPS) is 26.9. The van der Waals surface area contributed by atoms with Crippen LogP contribution in [0.25, 0.3) is 0 Å². The smallest absolute Gasteiger partial charge is 0.309 e. The highest BCUT2D eigenvalue weighted by Crippen LogP contribution is 2.37. The minimum Gasteiger partial charge on any atom is -0.462 e. The highest BCUT2D eigenvalue weighted by molar-refractivity contribution is 5.72. The first-order chi connectivity index (χ1) is 14.6. The zero-order chi connectivity index (χ0) is 21.3. The lowest BCUT2D eigenvalue weighted by atomic mass is 9.78. The van der Waals surface area contributed by atoms with Crippen LogP contribution < -0.4 is 0 Å². The maximum Gasteiger partial charge on any atom is 0.309 e. The Morgan fingerprint density at radius 3 is 2.40 bits per heavy atom. The van der Waals surface area contributed by atoms with Crippen LogP contribution in [0.15, 0.2) is 42.5 Å². The molecule has 156 valence electrons. The lowest BCUT2D eigenvalue weighted by Gasteiger charge is -2.31. The number of nitriles is 2. The summed E-state index contributed by atoms with van der Waals surface area (Å²) in [5.41, 5.74) is 0.981. The SMILES string of the molecule is N#CC=CC=C[C@H]1CC[C@H](OC(=O)[C@H]2CC[C@H](c3ccc(C#N)c(F)c3)CC2)CC1. The van der Waals surface area contributed by atoms with Crippen molar-refractivity contribution in [1.82, 2.24) is 0 Å². The second kappa shape index (κ2) is 10.7. The van der Waals surface area contributed by atoms with Gasteiger partial charge in [-0.05, 0) is 80.9 Å². The standard InChI is InChI=1S/C25H27FN2O2/c26-24-16-21(11-12-22(24)17-28)19-7-9-20(10-8-19)25(29)30-23-13-5-18(6-14-23)4-2-1-3-15-27/h1-4,11-12,16,18-20,23H,5-10,13-14H2/t18-,19-,20-,23-. The van der Waals surface area contributed by atoms with Crippen LogP contribution in [0.3, 0.4) is 0 Å². The lowest BCUT2D eigenvalue weighted by molar-refractivity contribution is -0.157. The molecular formula is C25H27FN2O2. The number of rotatable bonds is 5. The summed E-state index contributed by atoms with van der Waals surface area (Å²) >= 11 is 0. The second-order valence-electron chi connectivity index (χ2n) is 8.25. The molecule has 2 aliphatic carbocycles. The first kappa shape index (κ1) is 21.8. The van der Waals surface area contributed by atoms with Crippen molar-refractivity contribution in [3.63, 3.8) is 0 Å². The molecule has 0 spiro atoms. The summed E-state index contributed by atoms with van der Waals surface area (Å²) in [5, 5.41) is 17.4. The van der Waals surface area contributed by atoms with Crippen molar-refractivity contribution in [2.75, 3.05) is 0 Å². The van der Waals surface area contributed by atoms with Crippen LogP contribution in [0.1, 0.15) is 68.4 Å². The van der Waals surface area contributed by atoms with E-state index in [0.717, 1.165) is 56.9 Å². The molecule has 3 rings (SSSR count). The first-order valence-corrected chi connectivity index (χ1v) is 10.7. The van der Waals surface area contributed by atoms with E-state index in [1.807, 2.05) is 24.3 Å². The Balaban J connectivity index is 1.42. The van der Waals surface area contributed by atoms with E-state index >= 15 is 0 Å². The number of halogens is 1. The van der Waals surface area contributed by atoms with Crippen molar-refractivity contribution in [1.29, 1.82) is 10.5 Å². The Kier molecular flexibility index (Phi) is 7.80. The Bertz CT molecular complexity index is 877. The molecule has 0 saturated heterocycles. The molecule has 0 atom stereocenters. The molecule has 5 heteroatoms. The van der Waals surface area contributed by atoms with Crippen LogP contribution in [-0.2, 0) is 9.53 Å². The summed E-state index contributed by atoms with van der Waals surface area (Å²) in [5.74, 6) is 0.0804. The highest BCUT2D eigenvalue weighted by Gasteiger charge is 2.31. The number of hydrogen-bond donors (Lipinski definition) is 0. The molecule has 0 amide bonds. The number of esters is 1. The monoisotopic (exact) mass is 406 g/mol. The molecule has 4 nitrogen and oxygen atoms in total. The maximum atomic E-state index is 13.9. The lowest BCUT2D eigenvalue weighted by Crippen LogP contribution is -2.29. The Hall–Kier alpha value is -2.92. The van der Waals surface area contributed by atoms with Gasteiger partial charge in [0, 0.05) is 6.08 Å². The summed E-state index contributed by atoms with van der Waals surface area (Å²) in [6.07, 6.45) is 14.2. The van der Waals surface area contributed by atoms with Crippen molar-refractivity contribution in [2.45, 2.75) is 63.4 Å². The fourth-order valence-corrected chi connectivity index (χ4v) is 4.52. The largest absolute Gasteiger partial charge is 0.462 e. The summed E-state index contributed by atoms with van der Waals surface area (Å²) in [6, 6.07) is 8.64. The number of nitrogens with zero attached hydrogens (tertiary/aromatic N) is 2. The van der Waals surface area contributed by atoms with E-state index in [4.69, 9.17) is 15.3 Å². The highest BCUT2D eigenvalue weighted by atomic mass is 19.1. The van der Waals surface area contributed by atoms with E-state index in [0.29, 0.717) is 5.92 Å². The van der Waals surface area contributed by atoms with Crippen molar-refractivity contribution in [3.8, 4) is 12.1 Å². The number of allylic oxidation sites excluding steroid dienone is 4. The molecule has 2 saturated carbocycles. The molecular weight excluding hydrogens is 379 g/mol. The zero-order valence-corrected chi connectivity index (χ0v) is 17.1. The number of benzene rings is 1. The van der Waals surface area contributed by atoms with Crippen molar-refractivity contribution >= 4 is 5.97 Å². The molecule has 0 radical (unpaired) electrons. The topological polar surface area (TPSA) is 73.9 Å². The number of carbonyl (C=O) groups excluding carboxylic acids is 1. The van der Waals surface area contributed by atoms with E-state index in [9.17, 15) is 9.18 Å². The molecule has 1 aromatic carbocycles. The molecule has 2 aliphatic rings. The van der Waals surface area contributed by atoms with Crippen LogP contribution >= 0.6 is 0 Å². The minimum absolute atomic E-state index is 0.00199. The van der Waals surface area contributed by atoms with Gasteiger partial charge in [0.2, 0.25) is 0 Å². The zero-order valence-electron chi connectivity index (χ0n) is 17.1. The summed E-state index contributed by atoms with van der Waals surface area (Å²) < 4.78 is 19.7. The van der Waals surface area contributed by atoms with Gasteiger partial charge in [-0.3, -0.25) is 4.79 Å². The third-order valence-electron chi connectivity index (χ3n) is 6.31. The quantitative estimate of drug-likeness (QED) is 0.357. The van der Waals surface area contributed by atoms with Crippen LogP contribution in [-0.4, -0.2) is 12.1 Å². The van der Waals surface area contributed by atoms with Gasteiger partial charge in [-0.1, -0.05) is 24.3 Å². The van der Waals surface area contributed by atoms with E-state index in [1.165, 1.54) is 18.2 Å². The number of hydrogen-bond acceptors (Lipinski definition) is 4. The Morgan fingerprint density at radius 2 is 1.77 bits per heavy atom. The summed E-state index contributed by atoms with van der Waals surface area (Å²) in [7, 11) is 0. The predicted molar refractivity (Wildman–Crippen MR) is 112 cm³/mol. The molecule has 0 aromatic heterocycles. The average molecular weight is 407 g/mol. The first-order valence-electron chi connectivity index (χ1n) is 10.7. The summed E-state index contributed by atoms with van der Waals surface area (Å²) in [4.78, 5) is 12.6. The predicted octanol–water partition coefficient (Wildman–Crippen LogP) is 5.71. The van der Waals surface area contributed by atoms with Crippen molar-refractivity contribution < 1.29 is 13.9 Å².